The van der Waals surface area contributed by atoms with Gasteiger partial charge in [0.1, 0.15) is 23.1 Å². The van der Waals surface area contributed by atoms with E-state index >= 15 is 8.78 Å². The van der Waals surface area contributed by atoms with Gasteiger partial charge in [0.25, 0.3) is 0 Å². The van der Waals surface area contributed by atoms with Gasteiger partial charge in [0.2, 0.25) is 5.91 Å². The van der Waals surface area contributed by atoms with E-state index in [9.17, 15) is 14.4 Å². The third-order valence-electron chi connectivity index (χ3n) is 8.94. The highest BCUT2D eigenvalue weighted by Gasteiger charge is 2.35. The number of piperazine rings is 1. The van der Waals surface area contributed by atoms with Crippen LogP contribution < -0.4 is 21.2 Å². The number of pyridine rings is 2. The molecular formula is C34H36F2N8O3. The lowest BCUT2D eigenvalue weighted by atomic mass is 9.98. The van der Waals surface area contributed by atoms with Gasteiger partial charge in [-0.3, -0.25) is 14.7 Å². The molecule has 2 aliphatic heterocycles. The molecule has 2 aliphatic rings. The van der Waals surface area contributed by atoms with Crippen molar-refractivity contribution in [1.29, 1.82) is 0 Å². The molecule has 13 heteroatoms. The van der Waals surface area contributed by atoms with Crippen LogP contribution >= 0.6 is 0 Å². The lowest BCUT2D eigenvalue weighted by molar-refractivity contribution is -0.128. The normalized spacial score (nSPS) is 18.1. The zero-order valence-electron chi connectivity index (χ0n) is 26.7. The second kappa shape index (κ2) is 12.2. The highest BCUT2D eigenvalue weighted by Crippen LogP contribution is 2.38. The maximum absolute atomic E-state index is 16.3. The number of aromatic nitrogens is 4. The topological polar surface area (TPSA) is 131 Å². The molecule has 244 valence electrons. The summed E-state index contributed by atoms with van der Waals surface area (Å²) >= 11 is 0. The van der Waals surface area contributed by atoms with Crippen molar-refractivity contribution in [2.45, 2.75) is 58.5 Å². The SMILES string of the molecule is C=CC(=O)N1C[C@H](C)N(c2nc(=O)n3c4nc(c(F)cc24)-c2c(F)cccc2CCCN(C(N)=O)c2ccnc(C(C)C)c2-3)C[C@H]1C. The quantitative estimate of drug-likeness (QED) is 0.321. The van der Waals surface area contributed by atoms with Gasteiger partial charge >= 0.3 is 11.7 Å². The second-order valence-electron chi connectivity index (χ2n) is 12.4. The number of hydrogen-bond acceptors (Lipinski definition) is 7. The zero-order valence-corrected chi connectivity index (χ0v) is 26.7. The highest BCUT2D eigenvalue weighted by atomic mass is 19.1. The molecule has 6 rings (SSSR count). The largest absolute Gasteiger partial charge is 0.355 e. The Morgan fingerprint density at radius 3 is 2.55 bits per heavy atom. The molecule has 1 aromatic carbocycles. The van der Waals surface area contributed by atoms with E-state index < -0.39 is 23.4 Å². The predicted octanol–water partition coefficient (Wildman–Crippen LogP) is 4.69. The first-order valence-electron chi connectivity index (χ1n) is 15.6. The number of carbonyl (C=O) groups excluding carboxylic acids is 2. The average molecular weight is 643 g/mol. The number of aryl methyl sites for hydroxylation is 1. The molecule has 0 unspecified atom stereocenters. The summed E-state index contributed by atoms with van der Waals surface area (Å²) in [5.41, 5.74) is 6.40. The lowest BCUT2D eigenvalue weighted by Gasteiger charge is -2.44. The third-order valence-corrected chi connectivity index (χ3v) is 8.94. The van der Waals surface area contributed by atoms with Crippen LogP contribution in [0, 0.1) is 11.6 Å². The number of halogens is 2. The number of carbonyl (C=O) groups is 2. The Morgan fingerprint density at radius 2 is 1.85 bits per heavy atom. The van der Waals surface area contributed by atoms with Gasteiger partial charge in [-0.15, -0.1) is 0 Å². The predicted molar refractivity (Wildman–Crippen MR) is 176 cm³/mol. The summed E-state index contributed by atoms with van der Waals surface area (Å²) in [4.78, 5) is 58.6. The Hall–Kier alpha value is -5.20. The summed E-state index contributed by atoms with van der Waals surface area (Å²) in [5.74, 6) is -1.74. The Labute approximate surface area is 270 Å². The summed E-state index contributed by atoms with van der Waals surface area (Å²) in [6.07, 6.45) is 3.46. The minimum atomic E-state index is -0.787. The van der Waals surface area contributed by atoms with Crippen LogP contribution in [-0.2, 0) is 11.2 Å². The molecule has 47 heavy (non-hydrogen) atoms. The number of benzene rings is 1. The van der Waals surface area contributed by atoms with Crippen LogP contribution in [0.5, 0.6) is 0 Å². The number of nitrogens with two attached hydrogens (primary N) is 1. The average Bonchev–Trinajstić information content (AvgIpc) is 3.02. The van der Waals surface area contributed by atoms with E-state index in [4.69, 9.17) is 10.7 Å². The standard InChI is InChI=1S/C34H36F2N8O3/c1-6-26(45)42-16-20(5)43(17-19(42)4)31-22-15-24(36)29-27-21(9-7-11-23(27)35)10-8-14-41(33(37)46)25-12-13-38-28(18(2)3)30(25)44(32(22)39-29)34(47)40-31/h6-7,9,11-13,15,18-20H,1,8,10,14,16-17H2,2-5H3,(H2,37,46)/t19-,20+/m1/s1. The number of hydrogen-bond donors (Lipinski definition) is 1. The Morgan fingerprint density at radius 1 is 1.09 bits per heavy atom. The van der Waals surface area contributed by atoms with Gasteiger partial charge < -0.3 is 15.5 Å². The molecule has 1 fully saturated rings. The summed E-state index contributed by atoms with van der Waals surface area (Å²) in [6.45, 7) is 11.9. The fourth-order valence-corrected chi connectivity index (χ4v) is 6.70. The fraction of sp³-hybridized carbons (Fsp3) is 0.353. The lowest BCUT2D eigenvalue weighted by Crippen LogP contribution is -2.58. The number of fused-ring (bicyclic) bond motifs is 5. The molecule has 0 saturated carbocycles. The number of amides is 3. The van der Waals surface area contributed by atoms with Gasteiger partial charge in [0.05, 0.1) is 22.5 Å². The van der Waals surface area contributed by atoms with Crippen molar-refractivity contribution in [3.05, 3.63) is 82.6 Å². The van der Waals surface area contributed by atoms with Crippen LogP contribution in [0.2, 0.25) is 0 Å². The van der Waals surface area contributed by atoms with E-state index in [0.29, 0.717) is 36.3 Å². The van der Waals surface area contributed by atoms with Crippen LogP contribution in [0.3, 0.4) is 0 Å². The summed E-state index contributed by atoms with van der Waals surface area (Å²) < 4.78 is 33.2. The van der Waals surface area contributed by atoms with Gasteiger partial charge in [-0.1, -0.05) is 32.6 Å². The maximum Gasteiger partial charge on any atom is 0.355 e. The van der Waals surface area contributed by atoms with Gasteiger partial charge in [0.15, 0.2) is 5.65 Å². The van der Waals surface area contributed by atoms with Crippen LogP contribution in [0.1, 0.15) is 51.3 Å². The Bertz CT molecular complexity index is 1990. The maximum atomic E-state index is 16.3. The van der Waals surface area contributed by atoms with E-state index in [0.717, 1.165) is 0 Å². The van der Waals surface area contributed by atoms with Gasteiger partial charge in [-0.2, -0.15) is 4.98 Å². The van der Waals surface area contributed by atoms with E-state index in [1.54, 1.807) is 23.2 Å². The van der Waals surface area contributed by atoms with Crippen LogP contribution in [0.15, 0.2) is 54.0 Å². The van der Waals surface area contributed by atoms with Gasteiger partial charge in [0, 0.05) is 43.5 Å². The smallest absolute Gasteiger partial charge is 0.351 e. The fourth-order valence-electron chi connectivity index (χ4n) is 6.70. The van der Waals surface area contributed by atoms with E-state index in [-0.39, 0.29) is 70.8 Å². The molecule has 3 aromatic heterocycles. The number of primary amides is 1. The molecule has 2 bridgehead atoms. The van der Waals surface area contributed by atoms with Crippen molar-refractivity contribution in [2.24, 2.45) is 5.73 Å². The van der Waals surface area contributed by atoms with Crippen molar-refractivity contribution in [1.82, 2.24) is 24.4 Å². The minimum absolute atomic E-state index is 0.0104. The van der Waals surface area contributed by atoms with Crippen molar-refractivity contribution in [2.75, 3.05) is 29.4 Å². The number of rotatable bonds is 3. The first-order valence-corrected chi connectivity index (χ1v) is 15.6. The van der Waals surface area contributed by atoms with Crippen molar-refractivity contribution in [3.63, 3.8) is 0 Å². The summed E-state index contributed by atoms with van der Waals surface area (Å²) in [5, 5.41) is 0.193. The molecule has 4 aromatic rings. The number of urea groups is 1. The molecule has 0 spiro atoms. The molecule has 5 heterocycles. The first-order chi connectivity index (χ1) is 22.4. The highest BCUT2D eigenvalue weighted by molar-refractivity contribution is 5.96. The monoisotopic (exact) mass is 642 g/mol. The molecule has 1 saturated heterocycles. The summed E-state index contributed by atoms with van der Waals surface area (Å²) in [6, 6.07) is 5.94. The third kappa shape index (κ3) is 5.38. The number of nitrogens with zero attached hydrogens (tertiary/aromatic N) is 7. The van der Waals surface area contributed by atoms with Crippen molar-refractivity contribution >= 4 is 34.5 Å². The van der Waals surface area contributed by atoms with E-state index in [1.807, 2.05) is 32.6 Å². The van der Waals surface area contributed by atoms with Crippen LogP contribution in [0.25, 0.3) is 28.0 Å². The molecule has 2 atom stereocenters. The summed E-state index contributed by atoms with van der Waals surface area (Å²) in [7, 11) is 0. The number of anilines is 2. The van der Waals surface area contributed by atoms with Crippen molar-refractivity contribution < 1.29 is 18.4 Å². The molecule has 11 nitrogen and oxygen atoms in total. The van der Waals surface area contributed by atoms with E-state index in [2.05, 4.69) is 16.5 Å². The van der Waals surface area contributed by atoms with E-state index in [1.165, 1.54) is 33.7 Å². The molecule has 0 radical (unpaired) electrons. The van der Waals surface area contributed by atoms with Gasteiger partial charge in [-0.05, 0) is 62.4 Å². The van der Waals surface area contributed by atoms with Crippen molar-refractivity contribution in [3.8, 4) is 16.9 Å². The Kier molecular flexibility index (Phi) is 8.24. The minimum Gasteiger partial charge on any atom is -0.351 e. The van der Waals surface area contributed by atoms with Crippen LogP contribution in [-0.4, -0.2) is 68.1 Å². The Balaban J connectivity index is 1.73. The molecular weight excluding hydrogens is 606 g/mol. The van der Waals surface area contributed by atoms with Gasteiger partial charge in [-0.25, -0.2) is 27.9 Å². The second-order valence-corrected chi connectivity index (χ2v) is 12.4. The molecule has 3 amide bonds. The van der Waals surface area contributed by atoms with Crippen LogP contribution in [0.4, 0.5) is 25.1 Å². The first kappa shape index (κ1) is 31.8. The molecule has 0 aliphatic carbocycles. The molecule has 2 N–H and O–H groups in total. The zero-order chi connectivity index (χ0) is 33.7.